The normalized spacial score (nSPS) is 25.5. The Morgan fingerprint density at radius 3 is 2.75 bits per heavy atom. The number of hydrogen-bond donors (Lipinski definition) is 1. The maximum absolute atomic E-state index is 12.5. The van der Waals surface area contributed by atoms with Gasteiger partial charge in [-0.25, -0.2) is 9.97 Å². The van der Waals surface area contributed by atoms with Crippen LogP contribution in [-0.2, 0) is 11.4 Å². The van der Waals surface area contributed by atoms with Crippen molar-refractivity contribution in [1.82, 2.24) is 19.3 Å². The van der Waals surface area contributed by atoms with Crippen LogP contribution in [0.1, 0.15) is 32.1 Å². The van der Waals surface area contributed by atoms with Gasteiger partial charge in [0.2, 0.25) is 0 Å². The van der Waals surface area contributed by atoms with Crippen molar-refractivity contribution in [3.8, 4) is 0 Å². The summed E-state index contributed by atoms with van der Waals surface area (Å²) in [7, 11) is 4.12. The van der Waals surface area contributed by atoms with Crippen molar-refractivity contribution in [3.05, 3.63) is 18.6 Å². The van der Waals surface area contributed by atoms with Crippen LogP contribution in [0.15, 0.2) is 18.6 Å². The molecule has 1 atom stereocenters. The third-order valence-corrected chi connectivity index (χ3v) is 7.41. The highest BCUT2D eigenvalue weighted by Crippen LogP contribution is 2.37. The van der Waals surface area contributed by atoms with Crippen LogP contribution in [0.5, 0.6) is 0 Å². The molecule has 24 heavy (non-hydrogen) atoms. The first-order chi connectivity index (χ1) is 11.6. The largest absolute Gasteiger partial charge is 0.598 e. The first-order valence-electron chi connectivity index (χ1n) is 8.75. The Balaban J connectivity index is 1.33. The van der Waals surface area contributed by atoms with E-state index in [0.717, 1.165) is 35.4 Å². The Kier molecular flexibility index (Phi) is 4.40. The lowest BCUT2D eigenvalue weighted by molar-refractivity contribution is 0.239. The van der Waals surface area contributed by atoms with Crippen molar-refractivity contribution in [2.24, 2.45) is 5.92 Å². The number of aromatic amines is 1. The number of hydrogen-bond acceptors (Lipinski definition) is 5. The van der Waals surface area contributed by atoms with E-state index < -0.39 is 11.4 Å². The highest BCUT2D eigenvalue weighted by Gasteiger charge is 2.38. The molecule has 2 heterocycles. The van der Waals surface area contributed by atoms with Crippen molar-refractivity contribution in [3.63, 3.8) is 0 Å². The molecule has 0 spiro atoms. The molecule has 0 aliphatic heterocycles. The van der Waals surface area contributed by atoms with Crippen LogP contribution in [0.3, 0.4) is 0 Å². The van der Waals surface area contributed by atoms with Gasteiger partial charge in [0, 0.05) is 43.6 Å². The minimum Gasteiger partial charge on any atom is -0.598 e. The SMILES string of the molecule is CN(C1CCC1)[S+]([O-])C[C@H]1C[C@@H](N(C)c2ncnc3[nH]ccc23)C1. The molecule has 0 saturated heterocycles. The first kappa shape index (κ1) is 16.2. The molecule has 4 rings (SSSR count). The molecule has 0 bridgehead atoms. The van der Waals surface area contributed by atoms with Crippen molar-refractivity contribution in [1.29, 1.82) is 0 Å². The Morgan fingerprint density at radius 1 is 1.25 bits per heavy atom. The zero-order valence-corrected chi connectivity index (χ0v) is 15.1. The molecule has 2 fully saturated rings. The van der Waals surface area contributed by atoms with Crippen molar-refractivity contribution in [2.75, 3.05) is 24.7 Å². The predicted molar refractivity (Wildman–Crippen MR) is 97.2 cm³/mol. The van der Waals surface area contributed by atoms with Gasteiger partial charge in [-0.15, -0.1) is 4.31 Å². The molecule has 0 aromatic carbocycles. The second-order valence-corrected chi connectivity index (χ2v) is 8.71. The summed E-state index contributed by atoms with van der Waals surface area (Å²) in [5.41, 5.74) is 0.881. The van der Waals surface area contributed by atoms with Gasteiger partial charge in [-0.2, -0.15) is 0 Å². The summed E-state index contributed by atoms with van der Waals surface area (Å²) < 4.78 is 14.6. The van der Waals surface area contributed by atoms with Gasteiger partial charge in [0.1, 0.15) is 23.5 Å². The Morgan fingerprint density at radius 2 is 2.04 bits per heavy atom. The Hall–Kier alpha value is -1.31. The smallest absolute Gasteiger partial charge is 0.142 e. The molecule has 6 nitrogen and oxygen atoms in total. The van der Waals surface area contributed by atoms with E-state index in [1.807, 2.05) is 19.3 Å². The van der Waals surface area contributed by atoms with E-state index in [2.05, 4.69) is 31.2 Å². The molecule has 0 amide bonds. The van der Waals surface area contributed by atoms with E-state index in [1.165, 1.54) is 19.3 Å². The van der Waals surface area contributed by atoms with Gasteiger partial charge in [0.15, 0.2) is 0 Å². The van der Waals surface area contributed by atoms with E-state index in [4.69, 9.17) is 0 Å². The highest BCUT2D eigenvalue weighted by molar-refractivity contribution is 7.89. The first-order valence-corrected chi connectivity index (χ1v) is 10.0. The number of aromatic nitrogens is 3. The molecular weight excluding hydrogens is 322 g/mol. The standard InChI is InChI=1S/C17H25N5OS/c1-21(17-15-6-7-18-16(15)19-11-20-17)14-8-12(9-14)10-24(23)22(2)13-4-3-5-13/h6-7,11-14H,3-5,8-10H2,1-2H3,(H,18,19,20)/t12-,14+,24?. The van der Waals surface area contributed by atoms with Crippen molar-refractivity contribution in [2.45, 2.75) is 44.2 Å². The third-order valence-electron chi connectivity index (χ3n) is 5.71. The lowest BCUT2D eigenvalue weighted by Gasteiger charge is -2.43. The van der Waals surface area contributed by atoms with E-state index in [1.54, 1.807) is 6.33 Å². The molecule has 2 aliphatic rings. The zero-order chi connectivity index (χ0) is 16.7. The molecule has 2 aromatic rings. The maximum atomic E-state index is 12.5. The highest BCUT2D eigenvalue weighted by atomic mass is 32.2. The number of H-pyrrole nitrogens is 1. The van der Waals surface area contributed by atoms with Crippen LogP contribution in [-0.4, -0.2) is 55.7 Å². The van der Waals surface area contributed by atoms with Gasteiger partial charge in [-0.05, 0) is 38.2 Å². The van der Waals surface area contributed by atoms with Gasteiger partial charge in [0.25, 0.3) is 0 Å². The van der Waals surface area contributed by atoms with Crippen LogP contribution >= 0.6 is 0 Å². The van der Waals surface area contributed by atoms with Gasteiger partial charge in [0.05, 0.1) is 11.4 Å². The van der Waals surface area contributed by atoms with E-state index in [9.17, 15) is 4.55 Å². The lowest BCUT2D eigenvalue weighted by Crippen LogP contribution is -2.48. The fourth-order valence-electron chi connectivity index (χ4n) is 3.70. The second-order valence-electron chi connectivity index (χ2n) is 7.16. The summed E-state index contributed by atoms with van der Waals surface area (Å²) in [5, 5.41) is 1.07. The monoisotopic (exact) mass is 347 g/mol. The number of rotatable bonds is 6. The fraction of sp³-hybridized carbons (Fsp3) is 0.647. The second kappa shape index (κ2) is 6.54. The summed E-state index contributed by atoms with van der Waals surface area (Å²) in [4.78, 5) is 14.1. The number of nitrogens with one attached hydrogen (secondary N) is 1. The van der Waals surface area contributed by atoms with E-state index in [0.29, 0.717) is 18.0 Å². The number of fused-ring (bicyclic) bond motifs is 1. The minimum atomic E-state index is -0.827. The van der Waals surface area contributed by atoms with Crippen LogP contribution in [0.4, 0.5) is 5.82 Å². The third kappa shape index (κ3) is 2.89. The van der Waals surface area contributed by atoms with Crippen LogP contribution in [0.25, 0.3) is 11.0 Å². The summed E-state index contributed by atoms with van der Waals surface area (Å²) in [6.45, 7) is 0. The molecule has 2 saturated carbocycles. The molecule has 130 valence electrons. The van der Waals surface area contributed by atoms with Crippen LogP contribution in [0, 0.1) is 5.92 Å². The summed E-state index contributed by atoms with van der Waals surface area (Å²) >= 11 is -0.827. The van der Waals surface area contributed by atoms with Gasteiger partial charge in [-0.3, -0.25) is 0 Å². The fourth-order valence-corrected chi connectivity index (χ4v) is 5.16. The number of nitrogens with zero attached hydrogens (tertiary/aromatic N) is 4. The predicted octanol–water partition coefficient (Wildman–Crippen LogP) is 2.32. The van der Waals surface area contributed by atoms with Crippen molar-refractivity contribution >= 4 is 28.2 Å². The van der Waals surface area contributed by atoms with E-state index in [-0.39, 0.29) is 0 Å². The Bertz CT molecular complexity index is 697. The van der Waals surface area contributed by atoms with Crippen LogP contribution in [0.2, 0.25) is 0 Å². The molecule has 2 aromatic heterocycles. The average Bonchev–Trinajstić information content (AvgIpc) is 2.96. The number of anilines is 1. The molecule has 0 radical (unpaired) electrons. The quantitative estimate of drug-likeness (QED) is 0.812. The molecule has 7 heteroatoms. The summed E-state index contributed by atoms with van der Waals surface area (Å²) in [6, 6.07) is 3.06. The van der Waals surface area contributed by atoms with Crippen molar-refractivity contribution < 1.29 is 4.55 Å². The topological polar surface area (TPSA) is 71.1 Å². The minimum absolute atomic E-state index is 0.481. The Labute approximate surface area is 146 Å². The molecule has 1 N–H and O–H groups in total. The maximum Gasteiger partial charge on any atom is 0.142 e. The van der Waals surface area contributed by atoms with E-state index >= 15 is 0 Å². The summed E-state index contributed by atoms with van der Waals surface area (Å²) in [5.74, 6) is 2.35. The lowest BCUT2D eigenvalue weighted by atomic mass is 9.81. The van der Waals surface area contributed by atoms with Gasteiger partial charge >= 0.3 is 0 Å². The molecular formula is C17H25N5OS. The molecule has 2 aliphatic carbocycles. The summed E-state index contributed by atoms with van der Waals surface area (Å²) in [6.07, 6.45) is 9.41. The molecule has 1 unspecified atom stereocenters. The van der Waals surface area contributed by atoms with Gasteiger partial charge < -0.3 is 14.4 Å². The zero-order valence-electron chi connectivity index (χ0n) is 14.3. The van der Waals surface area contributed by atoms with Gasteiger partial charge in [-0.1, -0.05) is 0 Å². The average molecular weight is 347 g/mol. The van der Waals surface area contributed by atoms with Crippen LogP contribution < -0.4 is 4.90 Å².